The first-order chi connectivity index (χ1) is 10.1. The lowest BCUT2D eigenvalue weighted by Crippen LogP contribution is -2.29. The van der Waals surface area contributed by atoms with Crippen LogP contribution in [0.5, 0.6) is 5.75 Å². The maximum atomic E-state index is 11.9. The van der Waals surface area contributed by atoms with E-state index in [1.807, 2.05) is 0 Å². The van der Waals surface area contributed by atoms with Gasteiger partial charge in [0, 0.05) is 24.8 Å². The van der Waals surface area contributed by atoms with Crippen molar-refractivity contribution >= 4 is 11.6 Å². The van der Waals surface area contributed by atoms with Crippen LogP contribution in [0.2, 0.25) is 0 Å². The molecule has 1 aromatic rings. The summed E-state index contributed by atoms with van der Waals surface area (Å²) in [6.45, 7) is 1.22. The Balaban J connectivity index is 1.88. The van der Waals surface area contributed by atoms with Crippen LogP contribution in [0.4, 0.5) is 5.69 Å². The van der Waals surface area contributed by atoms with Crippen molar-refractivity contribution in [3.05, 3.63) is 33.9 Å². The Labute approximate surface area is 122 Å². The third-order valence-corrected chi connectivity index (χ3v) is 3.46. The summed E-state index contributed by atoms with van der Waals surface area (Å²) in [5.74, 6) is -0.846. The van der Waals surface area contributed by atoms with Crippen molar-refractivity contribution in [3.63, 3.8) is 0 Å². The molecule has 1 unspecified atom stereocenters. The summed E-state index contributed by atoms with van der Waals surface area (Å²) >= 11 is 0. The molecule has 21 heavy (non-hydrogen) atoms. The number of hydrogen-bond donors (Lipinski definition) is 2. The minimum atomic E-state index is -0.720. The van der Waals surface area contributed by atoms with Crippen molar-refractivity contribution in [3.8, 4) is 5.75 Å². The molecule has 7 nitrogen and oxygen atoms in total. The van der Waals surface area contributed by atoms with E-state index in [1.54, 1.807) is 0 Å². The average Bonchev–Trinajstić information content (AvgIpc) is 2.48. The number of carbonyl (C=O) groups is 1. The number of rotatable bonds is 5. The molecule has 0 bridgehead atoms. The summed E-state index contributed by atoms with van der Waals surface area (Å²) in [6.07, 6.45) is 4.13. The number of hydrogen-bond acceptors (Lipinski definition) is 5. The number of amides is 1. The molecule has 2 rings (SSSR count). The normalized spacial score (nSPS) is 18.2. The summed E-state index contributed by atoms with van der Waals surface area (Å²) in [5.41, 5.74) is -0.317. The lowest BCUT2D eigenvalue weighted by Gasteiger charge is -2.22. The van der Waals surface area contributed by atoms with Crippen LogP contribution < -0.4 is 5.32 Å². The first-order valence-electron chi connectivity index (χ1n) is 6.95. The lowest BCUT2D eigenvalue weighted by atomic mass is 10.1. The molecule has 1 aromatic carbocycles. The van der Waals surface area contributed by atoms with E-state index in [9.17, 15) is 20.0 Å². The first kappa shape index (κ1) is 15.2. The highest BCUT2D eigenvalue weighted by Gasteiger charge is 2.18. The van der Waals surface area contributed by atoms with Gasteiger partial charge in [-0.2, -0.15) is 0 Å². The molecular weight excluding hydrogens is 276 g/mol. The molecule has 1 aliphatic heterocycles. The Bertz CT molecular complexity index is 526. The van der Waals surface area contributed by atoms with Gasteiger partial charge >= 0.3 is 5.69 Å². The second-order valence-corrected chi connectivity index (χ2v) is 4.99. The van der Waals surface area contributed by atoms with Gasteiger partial charge in [-0.1, -0.05) is 0 Å². The van der Waals surface area contributed by atoms with E-state index in [0.29, 0.717) is 6.54 Å². The van der Waals surface area contributed by atoms with Crippen LogP contribution in [0.1, 0.15) is 36.0 Å². The smallest absolute Gasteiger partial charge is 0.311 e. The van der Waals surface area contributed by atoms with E-state index in [2.05, 4.69) is 5.32 Å². The summed E-state index contributed by atoms with van der Waals surface area (Å²) in [4.78, 5) is 21.9. The van der Waals surface area contributed by atoms with Gasteiger partial charge in [0.2, 0.25) is 0 Å². The van der Waals surface area contributed by atoms with Crippen LogP contribution in [0.15, 0.2) is 18.2 Å². The molecular formula is C14H18N2O5. The van der Waals surface area contributed by atoms with Gasteiger partial charge in [-0.3, -0.25) is 14.9 Å². The van der Waals surface area contributed by atoms with Crippen LogP contribution in [-0.2, 0) is 4.74 Å². The standard InChI is InChI=1S/C14H18N2O5/c17-13-5-4-10(9-12(13)16(19)20)14(18)15-7-6-11-3-1-2-8-21-11/h4-5,9,11,17H,1-3,6-8H2,(H,15,18). The molecule has 7 heteroatoms. The number of ether oxygens (including phenoxy) is 1. The summed E-state index contributed by atoms with van der Waals surface area (Å²) in [5, 5.41) is 22.8. The van der Waals surface area contributed by atoms with Gasteiger partial charge in [0.05, 0.1) is 11.0 Å². The maximum Gasteiger partial charge on any atom is 0.311 e. The van der Waals surface area contributed by atoms with Crippen LogP contribution in [0, 0.1) is 10.1 Å². The molecule has 0 aromatic heterocycles. The first-order valence-corrected chi connectivity index (χ1v) is 6.95. The number of benzene rings is 1. The van der Waals surface area contributed by atoms with Gasteiger partial charge in [0.1, 0.15) is 0 Å². The van der Waals surface area contributed by atoms with E-state index < -0.39 is 22.3 Å². The van der Waals surface area contributed by atoms with Crippen molar-refractivity contribution in [1.82, 2.24) is 5.32 Å². The fraction of sp³-hybridized carbons (Fsp3) is 0.500. The second kappa shape index (κ2) is 7.03. The van der Waals surface area contributed by atoms with Crippen molar-refractivity contribution in [2.24, 2.45) is 0 Å². The molecule has 1 amide bonds. The Morgan fingerprint density at radius 2 is 2.29 bits per heavy atom. The molecule has 1 fully saturated rings. The number of phenols is 1. The Hall–Kier alpha value is -2.15. The monoisotopic (exact) mass is 294 g/mol. The topological polar surface area (TPSA) is 102 Å². The highest BCUT2D eigenvalue weighted by atomic mass is 16.6. The van der Waals surface area contributed by atoms with Crippen molar-refractivity contribution in [1.29, 1.82) is 0 Å². The van der Waals surface area contributed by atoms with Gasteiger partial charge in [0.25, 0.3) is 5.91 Å². The van der Waals surface area contributed by atoms with Gasteiger partial charge in [-0.05, 0) is 37.8 Å². The van der Waals surface area contributed by atoms with Crippen molar-refractivity contribution < 1.29 is 19.6 Å². The molecule has 1 atom stereocenters. The molecule has 1 saturated heterocycles. The molecule has 114 valence electrons. The number of nitro groups is 1. The number of aromatic hydroxyl groups is 1. The average molecular weight is 294 g/mol. The molecule has 1 heterocycles. The fourth-order valence-electron chi connectivity index (χ4n) is 2.29. The van der Waals surface area contributed by atoms with Crippen LogP contribution in [0.25, 0.3) is 0 Å². The predicted molar refractivity (Wildman–Crippen MR) is 75.3 cm³/mol. The van der Waals surface area contributed by atoms with Crippen LogP contribution in [-0.4, -0.2) is 35.2 Å². The fourth-order valence-corrected chi connectivity index (χ4v) is 2.29. The third kappa shape index (κ3) is 4.16. The molecule has 0 radical (unpaired) electrons. The van der Waals surface area contributed by atoms with Gasteiger partial charge in [-0.15, -0.1) is 0 Å². The third-order valence-electron chi connectivity index (χ3n) is 3.46. The molecule has 0 aliphatic carbocycles. The zero-order valence-electron chi connectivity index (χ0n) is 11.6. The second-order valence-electron chi connectivity index (χ2n) is 4.99. The van der Waals surface area contributed by atoms with Gasteiger partial charge in [-0.25, -0.2) is 0 Å². The van der Waals surface area contributed by atoms with Crippen LogP contribution >= 0.6 is 0 Å². The zero-order valence-corrected chi connectivity index (χ0v) is 11.6. The summed E-state index contributed by atoms with van der Waals surface area (Å²) < 4.78 is 5.56. The zero-order chi connectivity index (χ0) is 15.2. The molecule has 0 saturated carbocycles. The maximum absolute atomic E-state index is 11.9. The largest absolute Gasteiger partial charge is 0.502 e. The van der Waals surface area contributed by atoms with E-state index in [-0.39, 0.29) is 11.7 Å². The number of carbonyl (C=O) groups excluding carboxylic acids is 1. The Morgan fingerprint density at radius 1 is 1.48 bits per heavy atom. The Kier molecular flexibility index (Phi) is 5.10. The van der Waals surface area contributed by atoms with E-state index in [4.69, 9.17) is 4.74 Å². The van der Waals surface area contributed by atoms with E-state index >= 15 is 0 Å². The SMILES string of the molecule is O=C(NCCC1CCCCO1)c1ccc(O)c([N+](=O)[O-])c1. The van der Waals surface area contributed by atoms with Gasteiger partial charge in [0.15, 0.2) is 5.75 Å². The summed E-state index contributed by atoms with van der Waals surface area (Å²) in [7, 11) is 0. The molecule has 2 N–H and O–H groups in total. The summed E-state index contributed by atoms with van der Waals surface area (Å²) in [6, 6.07) is 3.58. The predicted octanol–water partition coefficient (Wildman–Crippen LogP) is 1.99. The molecule has 1 aliphatic rings. The minimum absolute atomic E-state index is 0.157. The van der Waals surface area contributed by atoms with E-state index in [0.717, 1.165) is 44.4 Å². The Morgan fingerprint density at radius 3 is 2.95 bits per heavy atom. The molecule has 0 spiro atoms. The minimum Gasteiger partial charge on any atom is -0.502 e. The number of nitro benzene ring substituents is 1. The van der Waals surface area contributed by atoms with Crippen molar-refractivity contribution in [2.45, 2.75) is 31.8 Å². The number of phenolic OH excluding ortho intramolecular Hbond substituents is 1. The van der Waals surface area contributed by atoms with Crippen LogP contribution in [0.3, 0.4) is 0 Å². The number of nitrogens with zero attached hydrogens (tertiary/aromatic N) is 1. The number of nitrogens with one attached hydrogen (secondary N) is 1. The highest BCUT2D eigenvalue weighted by Crippen LogP contribution is 2.26. The lowest BCUT2D eigenvalue weighted by molar-refractivity contribution is -0.385. The quantitative estimate of drug-likeness (QED) is 0.638. The van der Waals surface area contributed by atoms with E-state index in [1.165, 1.54) is 6.07 Å². The van der Waals surface area contributed by atoms with Gasteiger partial charge < -0.3 is 15.2 Å². The van der Waals surface area contributed by atoms with Crippen molar-refractivity contribution in [2.75, 3.05) is 13.2 Å². The highest BCUT2D eigenvalue weighted by molar-refractivity contribution is 5.95.